The Kier molecular flexibility index (Phi) is 4.77. The van der Waals surface area contributed by atoms with E-state index in [1.807, 2.05) is 6.92 Å². The number of amides is 1. The second kappa shape index (κ2) is 7.01. The molecule has 134 valence electrons. The number of β-amino-alcohol motifs (C(OH)–C–C–N with tert-alkyl or cyclic N) is 1. The predicted octanol–water partition coefficient (Wildman–Crippen LogP) is 2.11. The monoisotopic (exact) mass is 353 g/mol. The summed E-state index contributed by atoms with van der Waals surface area (Å²) in [6.45, 7) is 1.55. The van der Waals surface area contributed by atoms with Crippen LogP contribution in [0.2, 0.25) is 0 Å². The van der Waals surface area contributed by atoms with Crippen LogP contribution in [0.25, 0.3) is 5.76 Å². The molecule has 6 heteroatoms. The van der Waals surface area contributed by atoms with Gasteiger partial charge in [0.15, 0.2) is 0 Å². The summed E-state index contributed by atoms with van der Waals surface area (Å²) in [7, 11) is 0. The average Bonchev–Trinajstić information content (AvgIpc) is 2.88. The number of rotatable bonds is 4. The van der Waals surface area contributed by atoms with Crippen LogP contribution in [0.1, 0.15) is 22.7 Å². The summed E-state index contributed by atoms with van der Waals surface area (Å²) in [5, 5.41) is 29.5. The van der Waals surface area contributed by atoms with E-state index in [4.69, 9.17) is 0 Å². The molecule has 0 radical (unpaired) electrons. The molecule has 1 heterocycles. The smallest absolute Gasteiger partial charge is 0.295 e. The minimum Gasteiger partial charge on any atom is -0.508 e. The molecule has 1 aliphatic rings. The lowest BCUT2D eigenvalue weighted by Crippen LogP contribution is -2.32. The van der Waals surface area contributed by atoms with Gasteiger partial charge in [0.25, 0.3) is 11.7 Å². The van der Waals surface area contributed by atoms with Gasteiger partial charge in [-0.3, -0.25) is 9.59 Å². The fraction of sp³-hybridized carbons (Fsp3) is 0.200. The van der Waals surface area contributed by atoms with Gasteiger partial charge >= 0.3 is 0 Å². The Hall–Kier alpha value is -3.12. The largest absolute Gasteiger partial charge is 0.508 e. The number of aryl methyl sites for hydroxylation is 1. The van der Waals surface area contributed by atoms with E-state index in [0.717, 1.165) is 5.56 Å². The lowest BCUT2D eigenvalue weighted by molar-refractivity contribution is -0.140. The predicted molar refractivity (Wildman–Crippen MR) is 95.4 cm³/mol. The number of phenols is 1. The van der Waals surface area contributed by atoms with Crippen LogP contribution in [-0.4, -0.2) is 45.1 Å². The third-order valence-corrected chi connectivity index (χ3v) is 4.41. The van der Waals surface area contributed by atoms with Crippen molar-refractivity contribution in [3.8, 4) is 5.75 Å². The van der Waals surface area contributed by atoms with Crippen molar-refractivity contribution < 1.29 is 24.9 Å². The van der Waals surface area contributed by atoms with Crippen LogP contribution in [-0.2, 0) is 9.59 Å². The lowest BCUT2D eigenvalue weighted by Gasteiger charge is -2.24. The number of phenolic OH excluding ortho intramolecular Hbond substituents is 1. The summed E-state index contributed by atoms with van der Waals surface area (Å²) in [5.74, 6) is -1.78. The molecule has 3 N–H and O–H groups in total. The van der Waals surface area contributed by atoms with Crippen molar-refractivity contribution in [3.63, 3.8) is 0 Å². The van der Waals surface area contributed by atoms with Crippen LogP contribution in [0.5, 0.6) is 5.75 Å². The van der Waals surface area contributed by atoms with Crippen LogP contribution in [0.15, 0.2) is 54.1 Å². The van der Waals surface area contributed by atoms with Crippen LogP contribution >= 0.6 is 0 Å². The number of benzene rings is 2. The molecular formula is C20H19NO5. The number of carbonyl (C=O) groups is 2. The van der Waals surface area contributed by atoms with Crippen LogP contribution in [0.3, 0.4) is 0 Å². The van der Waals surface area contributed by atoms with Gasteiger partial charge in [-0.1, -0.05) is 42.0 Å². The number of aliphatic hydroxyl groups excluding tert-OH is 2. The number of ketones is 1. The first-order valence-electron chi connectivity index (χ1n) is 8.19. The van der Waals surface area contributed by atoms with Gasteiger partial charge in [-0.25, -0.2) is 0 Å². The number of aliphatic hydroxyl groups is 2. The van der Waals surface area contributed by atoms with Crippen molar-refractivity contribution in [2.45, 2.75) is 13.0 Å². The zero-order chi connectivity index (χ0) is 18.8. The Balaban J connectivity index is 2.17. The lowest BCUT2D eigenvalue weighted by atomic mass is 9.95. The maximum Gasteiger partial charge on any atom is 0.295 e. The fourth-order valence-electron chi connectivity index (χ4n) is 3.09. The zero-order valence-electron chi connectivity index (χ0n) is 14.2. The van der Waals surface area contributed by atoms with Crippen LogP contribution < -0.4 is 0 Å². The van der Waals surface area contributed by atoms with Crippen LogP contribution in [0.4, 0.5) is 0 Å². The highest BCUT2D eigenvalue weighted by atomic mass is 16.3. The van der Waals surface area contributed by atoms with E-state index in [0.29, 0.717) is 11.1 Å². The van der Waals surface area contributed by atoms with Crippen molar-refractivity contribution in [1.29, 1.82) is 0 Å². The zero-order valence-corrected chi connectivity index (χ0v) is 14.2. The first kappa shape index (κ1) is 17.7. The third-order valence-electron chi connectivity index (χ3n) is 4.41. The number of hydrogen-bond acceptors (Lipinski definition) is 5. The maximum absolute atomic E-state index is 12.6. The molecule has 2 aromatic rings. The minimum absolute atomic E-state index is 0.0296. The molecular weight excluding hydrogens is 334 g/mol. The molecule has 0 aliphatic carbocycles. The van der Waals surface area contributed by atoms with Gasteiger partial charge in [0.1, 0.15) is 11.5 Å². The number of carbonyl (C=O) groups excluding carboxylic acids is 2. The highest BCUT2D eigenvalue weighted by molar-refractivity contribution is 6.46. The summed E-state index contributed by atoms with van der Waals surface area (Å²) in [6, 6.07) is 12.2. The SMILES string of the molecule is Cc1ccc(/C(O)=C2\C(=O)C(=O)N(CCO)C2c2ccc(O)cc2)cc1. The van der Waals surface area contributed by atoms with Gasteiger partial charge < -0.3 is 20.2 Å². The number of likely N-dealkylation sites (tertiary alicyclic amines) is 1. The summed E-state index contributed by atoms with van der Waals surface area (Å²) < 4.78 is 0. The molecule has 0 saturated carbocycles. The number of hydrogen-bond donors (Lipinski definition) is 3. The summed E-state index contributed by atoms with van der Waals surface area (Å²) in [6.07, 6.45) is 0. The molecule has 0 spiro atoms. The van der Waals surface area contributed by atoms with Crippen molar-refractivity contribution >= 4 is 17.4 Å². The average molecular weight is 353 g/mol. The fourth-order valence-corrected chi connectivity index (χ4v) is 3.09. The normalized spacial score (nSPS) is 19.2. The molecule has 6 nitrogen and oxygen atoms in total. The van der Waals surface area contributed by atoms with E-state index in [1.165, 1.54) is 17.0 Å². The Morgan fingerprint density at radius 1 is 1.04 bits per heavy atom. The van der Waals surface area contributed by atoms with E-state index in [-0.39, 0.29) is 30.2 Å². The second-order valence-corrected chi connectivity index (χ2v) is 6.17. The quantitative estimate of drug-likeness (QED) is 0.444. The van der Waals surface area contributed by atoms with Gasteiger partial charge in [0.05, 0.1) is 18.2 Å². The third kappa shape index (κ3) is 3.07. The van der Waals surface area contributed by atoms with Crippen molar-refractivity contribution in [2.75, 3.05) is 13.2 Å². The Bertz CT molecular complexity index is 868. The molecule has 3 rings (SSSR count). The van der Waals surface area contributed by atoms with Gasteiger partial charge in [-0.2, -0.15) is 0 Å². The number of aromatic hydroxyl groups is 1. The highest BCUT2D eigenvalue weighted by Crippen LogP contribution is 2.39. The molecule has 2 aromatic carbocycles. The van der Waals surface area contributed by atoms with Gasteiger partial charge in [0, 0.05) is 12.1 Å². The van der Waals surface area contributed by atoms with Gasteiger partial charge in [-0.15, -0.1) is 0 Å². The Morgan fingerprint density at radius 3 is 2.23 bits per heavy atom. The second-order valence-electron chi connectivity index (χ2n) is 6.17. The maximum atomic E-state index is 12.6. The Labute approximate surface area is 150 Å². The Morgan fingerprint density at radius 2 is 1.65 bits per heavy atom. The molecule has 1 amide bonds. The summed E-state index contributed by atoms with van der Waals surface area (Å²) in [5.41, 5.74) is 1.96. The molecule has 1 unspecified atom stereocenters. The van der Waals surface area contributed by atoms with Crippen molar-refractivity contribution in [3.05, 3.63) is 70.8 Å². The van der Waals surface area contributed by atoms with Gasteiger partial charge in [0.2, 0.25) is 0 Å². The first-order valence-corrected chi connectivity index (χ1v) is 8.19. The first-order chi connectivity index (χ1) is 12.4. The molecule has 1 saturated heterocycles. The van der Waals surface area contributed by atoms with Gasteiger partial charge in [-0.05, 0) is 24.6 Å². The molecule has 1 aliphatic heterocycles. The van der Waals surface area contributed by atoms with E-state index in [1.54, 1.807) is 36.4 Å². The minimum atomic E-state index is -0.830. The van der Waals surface area contributed by atoms with E-state index in [2.05, 4.69) is 0 Å². The molecule has 1 atom stereocenters. The highest BCUT2D eigenvalue weighted by Gasteiger charge is 2.45. The number of Topliss-reactive ketones (excluding diaryl/α,β-unsaturated/α-hetero) is 1. The van der Waals surface area contributed by atoms with Crippen molar-refractivity contribution in [1.82, 2.24) is 4.90 Å². The summed E-state index contributed by atoms with van der Waals surface area (Å²) in [4.78, 5) is 26.2. The van der Waals surface area contributed by atoms with E-state index >= 15 is 0 Å². The van der Waals surface area contributed by atoms with Crippen LogP contribution in [0, 0.1) is 6.92 Å². The molecule has 0 aromatic heterocycles. The van der Waals surface area contributed by atoms with Crippen molar-refractivity contribution in [2.24, 2.45) is 0 Å². The molecule has 0 bridgehead atoms. The molecule has 26 heavy (non-hydrogen) atoms. The van der Waals surface area contributed by atoms with E-state index < -0.39 is 17.7 Å². The topological polar surface area (TPSA) is 98.1 Å². The standard InChI is InChI=1S/C20H19NO5/c1-12-2-4-14(5-3-12)18(24)16-17(13-6-8-15(23)9-7-13)21(10-11-22)20(26)19(16)25/h2-9,17,22-24H,10-11H2,1H3/b18-16+. The van der Waals surface area contributed by atoms with E-state index in [9.17, 15) is 24.9 Å². The molecule has 1 fully saturated rings. The summed E-state index contributed by atoms with van der Waals surface area (Å²) >= 11 is 0. The number of nitrogens with zero attached hydrogens (tertiary/aromatic N) is 1.